The molecule has 0 radical (unpaired) electrons. The van der Waals surface area contributed by atoms with Crippen LogP contribution in [0.2, 0.25) is 0 Å². The zero-order valence-corrected chi connectivity index (χ0v) is 13.3. The molecule has 3 N–H and O–H groups in total. The molecule has 0 fully saturated rings. The first kappa shape index (κ1) is 16.2. The number of nitrogens with one attached hydrogen (secondary N) is 1. The summed E-state index contributed by atoms with van der Waals surface area (Å²) in [5.74, 6) is 1.16. The van der Waals surface area contributed by atoms with Gasteiger partial charge in [-0.05, 0) is 23.8 Å². The quantitative estimate of drug-likeness (QED) is 0.354. The van der Waals surface area contributed by atoms with Crippen LogP contribution < -0.4 is 11.1 Å². The molecule has 0 spiro atoms. The van der Waals surface area contributed by atoms with E-state index in [1.54, 1.807) is 23.2 Å². The zero-order valence-electron chi connectivity index (χ0n) is 10.9. The number of nitrogens with two attached hydrogens (primary N) is 1. The van der Waals surface area contributed by atoms with Gasteiger partial charge >= 0.3 is 0 Å². The number of pyridine rings is 1. The van der Waals surface area contributed by atoms with Crippen molar-refractivity contribution in [2.45, 2.75) is 6.54 Å². The van der Waals surface area contributed by atoms with Gasteiger partial charge in [0, 0.05) is 25.1 Å². The number of hydrogen-bond acceptors (Lipinski definition) is 3. The lowest BCUT2D eigenvalue weighted by atomic mass is 10.2. The van der Waals surface area contributed by atoms with Crippen molar-refractivity contribution in [2.24, 2.45) is 10.7 Å². The third kappa shape index (κ3) is 4.65. The second-order valence-electron chi connectivity index (χ2n) is 3.84. The molecule has 0 bridgehead atoms. The Balaban J connectivity index is 0.00000200. The summed E-state index contributed by atoms with van der Waals surface area (Å²) >= 11 is 0. The van der Waals surface area contributed by atoms with Crippen LogP contribution in [-0.4, -0.2) is 27.3 Å². The molecule has 0 aliphatic heterocycles. The average Bonchev–Trinajstić information content (AvgIpc) is 2.97. The molecule has 0 aliphatic rings. The van der Waals surface area contributed by atoms with E-state index in [0.29, 0.717) is 19.0 Å². The first-order chi connectivity index (χ1) is 9.29. The summed E-state index contributed by atoms with van der Waals surface area (Å²) < 4.78 is 1.70. The Labute approximate surface area is 134 Å². The molecule has 0 unspecified atom stereocenters. The van der Waals surface area contributed by atoms with Crippen LogP contribution in [0, 0.1) is 0 Å². The Hall–Kier alpha value is -1.90. The Morgan fingerprint density at radius 2 is 2.35 bits per heavy atom. The molecule has 0 aromatic carbocycles. The number of guanidine groups is 1. The summed E-state index contributed by atoms with van der Waals surface area (Å²) in [6, 6.07) is 5.68. The van der Waals surface area contributed by atoms with Crippen molar-refractivity contribution in [3.63, 3.8) is 0 Å². The molecule has 0 amide bonds. The molecule has 2 heterocycles. The number of hydrogen-bond donors (Lipinski definition) is 2. The van der Waals surface area contributed by atoms with Gasteiger partial charge in [-0.1, -0.05) is 6.08 Å². The van der Waals surface area contributed by atoms with E-state index < -0.39 is 0 Å². The molecule has 20 heavy (non-hydrogen) atoms. The highest BCUT2D eigenvalue weighted by Gasteiger charge is 1.99. The molecule has 2 aromatic rings. The van der Waals surface area contributed by atoms with E-state index in [2.05, 4.69) is 27.0 Å². The van der Waals surface area contributed by atoms with E-state index in [4.69, 9.17) is 5.73 Å². The number of halogens is 1. The highest BCUT2D eigenvalue weighted by atomic mass is 127. The van der Waals surface area contributed by atoms with Crippen molar-refractivity contribution in [1.82, 2.24) is 20.1 Å². The van der Waals surface area contributed by atoms with Crippen molar-refractivity contribution >= 4 is 29.9 Å². The highest BCUT2D eigenvalue weighted by molar-refractivity contribution is 14.0. The van der Waals surface area contributed by atoms with Crippen molar-refractivity contribution in [2.75, 3.05) is 6.54 Å². The summed E-state index contributed by atoms with van der Waals surface area (Å²) in [7, 11) is 0. The normalized spacial score (nSPS) is 10.7. The van der Waals surface area contributed by atoms with Gasteiger partial charge in [-0.2, -0.15) is 5.10 Å². The maximum Gasteiger partial charge on any atom is 0.189 e. The smallest absolute Gasteiger partial charge is 0.189 e. The number of aliphatic imine (C=N–C) groups is 1. The number of nitrogens with zero attached hydrogens (tertiary/aromatic N) is 4. The van der Waals surface area contributed by atoms with E-state index >= 15 is 0 Å². The summed E-state index contributed by atoms with van der Waals surface area (Å²) in [5.41, 5.74) is 6.72. The Kier molecular flexibility index (Phi) is 6.71. The van der Waals surface area contributed by atoms with E-state index in [1.807, 2.05) is 24.4 Å². The average molecular weight is 384 g/mol. The Bertz CT molecular complexity index is 564. The van der Waals surface area contributed by atoms with E-state index in [1.165, 1.54) is 0 Å². The molecular formula is C13H17IN6. The maximum atomic E-state index is 5.70. The van der Waals surface area contributed by atoms with E-state index in [9.17, 15) is 0 Å². The predicted octanol–water partition coefficient (Wildman–Crippen LogP) is 1.48. The third-order valence-electron chi connectivity index (χ3n) is 2.41. The largest absolute Gasteiger partial charge is 0.370 e. The fraction of sp³-hybridized carbons (Fsp3) is 0.154. The van der Waals surface area contributed by atoms with Crippen LogP contribution in [0.5, 0.6) is 0 Å². The lowest BCUT2D eigenvalue weighted by Gasteiger charge is -2.04. The molecule has 0 saturated heterocycles. The van der Waals surface area contributed by atoms with Gasteiger partial charge in [-0.3, -0.25) is 0 Å². The van der Waals surface area contributed by atoms with E-state index in [0.717, 1.165) is 11.4 Å². The van der Waals surface area contributed by atoms with Gasteiger partial charge in [0.2, 0.25) is 0 Å². The molecular weight excluding hydrogens is 367 g/mol. The highest BCUT2D eigenvalue weighted by Crippen LogP contribution is 2.07. The minimum absolute atomic E-state index is 0. The molecule has 6 nitrogen and oxygen atoms in total. The fourth-order valence-corrected chi connectivity index (χ4v) is 1.50. The van der Waals surface area contributed by atoms with Crippen LogP contribution in [0.15, 0.2) is 54.4 Å². The standard InChI is InChI=1S/C13H16N6.HI/c1-2-5-16-13(14)17-10-11-4-7-15-12(9-11)19-8-3-6-18-19;/h2-4,6-9H,1,5,10H2,(H3,14,16,17);1H. The topological polar surface area (TPSA) is 81.1 Å². The summed E-state index contributed by atoms with van der Waals surface area (Å²) in [6.45, 7) is 4.69. The summed E-state index contributed by atoms with van der Waals surface area (Å²) in [4.78, 5) is 8.48. The number of aromatic nitrogens is 3. The van der Waals surface area contributed by atoms with Gasteiger partial charge in [0.05, 0.1) is 6.54 Å². The molecule has 7 heteroatoms. The van der Waals surface area contributed by atoms with Gasteiger partial charge in [-0.25, -0.2) is 14.7 Å². The van der Waals surface area contributed by atoms with Crippen molar-refractivity contribution in [1.29, 1.82) is 0 Å². The Morgan fingerprint density at radius 3 is 3.05 bits per heavy atom. The van der Waals surface area contributed by atoms with Crippen LogP contribution in [-0.2, 0) is 6.54 Å². The molecule has 0 aliphatic carbocycles. The van der Waals surface area contributed by atoms with Crippen molar-refractivity contribution in [3.8, 4) is 5.82 Å². The van der Waals surface area contributed by atoms with Gasteiger partial charge in [0.15, 0.2) is 11.8 Å². The monoisotopic (exact) mass is 384 g/mol. The minimum atomic E-state index is 0. The van der Waals surface area contributed by atoms with Crippen molar-refractivity contribution < 1.29 is 0 Å². The van der Waals surface area contributed by atoms with Crippen LogP contribution in [0.4, 0.5) is 0 Å². The summed E-state index contributed by atoms with van der Waals surface area (Å²) in [6.07, 6.45) is 7.01. The van der Waals surface area contributed by atoms with Gasteiger partial charge < -0.3 is 11.1 Å². The molecule has 0 atom stereocenters. The molecule has 2 aromatic heterocycles. The zero-order chi connectivity index (χ0) is 13.5. The van der Waals surface area contributed by atoms with Crippen LogP contribution in [0.3, 0.4) is 0 Å². The third-order valence-corrected chi connectivity index (χ3v) is 2.41. The lowest BCUT2D eigenvalue weighted by Crippen LogP contribution is -2.31. The van der Waals surface area contributed by atoms with Gasteiger partial charge in [0.1, 0.15) is 0 Å². The van der Waals surface area contributed by atoms with Crippen LogP contribution in [0.1, 0.15) is 5.56 Å². The Morgan fingerprint density at radius 1 is 1.50 bits per heavy atom. The SMILES string of the molecule is C=CCNC(N)=NCc1ccnc(-n2cccn2)c1.I. The molecule has 0 saturated carbocycles. The predicted molar refractivity (Wildman–Crippen MR) is 90.3 cm³/mol. The second-order valence-corrected chi connectivity index (χ2v) is 3.84. The van der Waals surface area contributed by atoms with Crippen LogP contribution in [0.25, 0.3) is 5.82 Å². The molecule has 106 valence electrons. The first-order valence-corrected chi connectivity index (χ1v) is 5.89. The van der Waals surface area contributed by atoms with Crippen LogP contribution >= 0.6 is 24.0 Å². The minimum Gasteiger partial charge on any atom is -0.370 e. The van der Waals surface area contributed by atoms with Gasteiger partial charge in [0.25, 0.3) is 0 Å². The molecule has 2 rings (SSSR count). The first-order valence-electron chi connectivity index (χ1n) is 5.89. The van der Waals surface area contributed by atoms with E-state index in [-0.39, 0.29) is 24.0 Å². The fourth-order valence-electron chi connectivity index (χ4n) is 1.50. The van der Waals surface area contributed by atoms with Gasteiger partial charge in [-0.15, -0.1) is 30.6 Å². The maximum absolute atomic E-state index is 5.70. The number of rotatable bonds is 5. The summed E-state index contributed by atoms with van der Waals surface area (Å²) in [5, 5.41) is 7.05. The lowest BCUT2D eigenvalue weighted by molar-refractivity contribution is 0.841. The second kappa shape index (κ2) is 8.31. The van der Waals surface area contributed by atoms with Crippen molar-refractivity contribution in [3.05, 3.63) is 55.0 Å².